The molecule has 3 N–H and O–H groups in total. The molecule has 1 atom stereocenters. The number of aromatic nitrogens is 1. The Bertz CT molecular complexity index is 942. The lowest BCUT2D eigenvalue weighted by atomic mass is 9.90. The summed E-state index contributed by atoms with van der Waals surface area (Å²) in [5.41, 5.74) is 1.73. The van der Waals surface area contributed by atoms with Crippen LogP contribution in [0.4, 0.5) is 20.3 Å². The smallest absolute Gasteiger partial charge is 0.149 e. The summed E-state index contributed by atoms with van der Waals surface area (Å²) in [4.78, 5) is 4.26. The molecule has 5 nitrogen and oxygen atoms in total. The van der Waals surface area contributed by atoms with Crippen LogP contribution in [0.2, 0.25) is 0 Å². The van der Waals surface area contributed by atoms with Crippen molar-refractivity contribution in [2.75, 3.05) is 30.9 Å². The van der Waals surface area contributed by atoms with Crippen LogP contribution < -0.4 is 16.0 Å². The maximum Gasteiger partial charge on any atom is 0.149 e. The molecule has 1 heterocycles. The SMILES string of the molecule is COC[C@H](C)N[C@H]1CC[C@H](Nc2cc(-c3ccc(F)c(NCC4(C)CC4)c3)c(F)cn2)CC1. The van der Waals surface area contributed by atoms with Gasteiger partial charge in [0, 0.05) is 37.3 Å². The molecular formula is C26H36F2N4O. The minimum atomic E-state index is -0.410. The van der Waals surface area contributed by atoms with Crippen molar-refractivity contribution in [1.82, 2.24) is 10.3 Å². The minimum Gasteiger partial charge on any atom is -0.383 e. The second-order valence-electron chi connectivity index (χ2n) is 10.1. The first-order valence-electron chi connectivity index (χ1n) is 12.1. The van der Waals surface area contributed by atoms with E-state index in [0.717, 1.165) is 45.1 Å². The van der Waals surface area contributed by atoms with E-state index in [-0.39, 0.29) is 11.2 Å². The summed E-state index contributed by atoms with van der Waals surface area (Å²) in [6, 6.07) is 7.59. The first-order valence-corrected chi connectivity index (χ1v) is 12.1. The average Bonchev–Trinajstić information content (AvgIpc) is 3.53. The summed E-state index contributed by atoms with van der Waals surface area (Å²) >= 11 is 0. The fraction of sp³-hybridized carbons (Fsp3) is 0.577. The fourth-order valence-corrected chi connectivity index (χ4v) is 4.58. The molecule has 0 bridgehead atoms. The van der Waals surface area contributed by atoms with Crippen molar-refractivity contribution in [2.24, 2.45) is 5.41 Å². The van der Waals surface area contributed by atoms with E-state index in [4.69, 9.17) is 4.74 Å². The molecule has 2 aromatic rings. The van der Waals surface area contributed by atoms with E-state index in [1.54, 1.807) is 25.3 Å². The number of anilines is 2. The van der Waals surface area contributed by atoms with Crippen molar-refractivity contribution in [3.63, 3.8) is 0 Å². The van der Waals surface area contributed by atoms with Crippen LogP contribution in [0.15, 0.2) is 30.5 Å². The number of pyridine rings is 1. The summed E-state index contributed by atoms with van der Waals surface area (Å²) in [5.74, 6) is -0.0758. The summed E-state index contributed by atoms with van der Waals surface area (Å²) in [7, 11) is 1.72. The summed E-state index contributed by atoms with van der Waals surface area (Å²) in [5, 5.41) is 10.3. The minimum absolute atomic E-state index is 0.248. The number of benzene rings is 1. The first kappa shape index (κ1) is 23.9. The summed E-state index contributed by atoms with van der Waals surface area (Å²) in [6.45, 7) is 5.76. The van der Waals surface area contributed by atoms with Gasteiger partial charge in [-0.1, -0.05) is 13.0 Å². The Labute approximate surface area is 195 Å². The lowest BCUT2D eigenvalue weighted by Crippen LogP contribution is -2.42. The highest BCUT2D eigenvalue weighted by Gasteiger charge is 2.36. The number of nitrogens with zero attached hydrogens (tertiary/aromatic N) is 1. The first-order chi connectivity index (χ1) is 15.8. The second kappa shape index (κ2) is 10.3. The molecule has 0 unspecified atom stereocenters. The molecule has 2 saturated carbocycles. The number of ether oxygens (including phenoxy) is 1. The molecule has 1 aromatic carbocycles. The third-order valence-electron chi connectivity index (χ3n) is 6.96. The number of halogens is 2. The monoisotopic (exact) mass is 458 g/mol. The normalized spacial score (nSPS) is 22.6. The number of rotatable bonds is 10. The molecule has 0 radical (unpaired) electrons. The van der Waals surface area contributed by atoms with E-state index in [9.17, 15) is 8.78 Å². The molecule has 1 aromatic heterocycles. The molecule has 7 heteroatoms. The maximum atomic E-state index is 14.7. The van der Waals surface area contributed by atoms with Crippen molar-refractivity contribution in [3.8, 4) is 11.1 Å². The van der Waals surface area contributed by atoms with Gasteiger partial charge in [0.25, 0.3) is 0 Å². The summed E-state index contributed by atoms with van der Waals surface area (Å²) in [6.07, 6.45) is 7.75. The van der Waals surface area contributed by atoms with Gasteiger partial charge in [0.1, 0.15) is 17.5 Å². The molecule has 0 aliphatic heterocycles. The van der Waals surface area contributed by atoms with Crippen molar-refractivity contribution in [3.05, 3.63) is 42.1 Å². The van der Waals surface area contributed by atoms with Crippen LogP contribution in [0.25, 0.3) is 11.1 Å². The highest BCUT2D eigenvalue weighted by Crippen LogP contribution is 2.45. The van der Waals surface area contributed by atoms with E-state index < -0.39 is 5.82 Å². The van der Waals surface area contributed by atoms with Gasteiger partial charge in [-0.05, 0) is 74.6 Å². The van der Waals surface area contributed by atoms with Gasteiger partial charge in [-0.25, -0.2) is 13.8 Å². The van der Waals surface area contributed by atoms with Crippen molar-refractivity contribution < 1.29 is 13.5 Å². The Morgan fingerprint density at radius 1 is 1.09 bits per heavy atom. The zero-order valence-corrected chi connectivity index (χ0v) is 19.9. The second-order valence-corrected chi connectivity index (χ2v) is 10.1. The van der Waals surface area contributed by atoms with Crippen LogP contribution in [-0.2, 0) is 4.74 Å². The molecule has 2 fully saturated rings. The molecule has 0 spiro atoms. The Morgan fingerprint density at radius 2 is 1.82 bits per heavy atom. The van der Waals surface area contributed by atoms with Gasteiger partial charge >= 0.3 is 0 Å². The van der Waals surface area contributed by atoms with E-state index in [1.807, 2.05) is 0 Å². The molecule has 0 amide bonds. The van der Waals surface area contributed by atoms with Crippen LogP contribution in [0, 0.1) is 17.0 Å². The molecule has 4 rings (SSSR count). The van der Waals surface area contributed by atoms with Gasteiger partial charge in [0.05, 0.1) is 18.5 Å². The van der Waals surface area contributed by atoms with Crippen molar-refractivity contribution in [2.45, 2.75) is 70.5 Å². The lowest BCUT2D eigenvalue weighted by molar-refractivity contribution is 0.161. The van der Waals surface area contributed by atoms with E-state index in [2.05, 4.69) is 34.8 Å². The third kappa shape index (κ3) is 6.42. The predicted octanol–water partition coefficient (Wildman–Crippen LogP) is 5.59. The fourth-order valence-electron chi connectivity index (χ4n) is 4.58. The standard InChI is InChI=1S/C26H36F2N4O/c1-17(15-33-3)31-19-5-7-20(8-6-19)32-25-13-21(23(28)14-29-25)18-4-9-22(27)24(12-18)30-16-26(2)10-11-26/h4,9,12-14,17,19-20,30-31H,5-8,10-11,15-16H2,1-3H3,(H,29,32)/t17-,19-,20-/m0/s1. The Hall–Kier alpha value is -2.25. The van der Waals surface area contributed by atoms with E-state index >= 15 is 0 Å². The van der Waals surface area contributed by atoms with Crippen molar-refractivity contribution in [1.29, 1.82) is 0 Å². The number of hydrogen-bond donors (Lipinski definition) is 3. The van der Waals surface area contributed by atoms with Crippen LogP contribution in [-0.4, -0.2) is 43.4 Å². The Morgan fingerprint density at radius 3 is 2.52 bits per heavy atom. The number of nitrogens with one attached hydrogen (secondary N) is 3. The molecular weight excluding hydrogens is 422 g/mol. The molecule has 2 aliphatic carbocycles. The number of methoxy groups -OCH3 is 1. The maximum absolute atomic E-state index is 14.7. The highest BCUT2D eigenvalue weighted by molar-refractivity contribution is 5.71. The van der Waals surface area contributed by atoms with Gasteiger partial charge in [-0.2, -0.15) is 0 Å². The zero-order chi connectivity index (χ0) is 23.4. The lowest BCUT2D eigenvalue weighted by Gasteiger charge is -2.31. The van der Waals surface area contributed by atoms with Gasteiger partial charge in [-0.15, -0.1) is 0 Å². The quantitative estimate of drug-likeness (QED) is 0.434. The Kier molecular flexibility index (Phi) is 7.49. The van der Waals surface area contributed by atoms with E-state index in [0.29, 0.717) is 47.4 Å². The van der Waals surface area contributed by atoms with E-state index in [1.165, 1.54) is 12.3 Å². The molecule has 33 heavy (non-hydrogen) atoms. The van der Waals surface area contributed by atoms with Gasteiger partial charge in [-0.3, -0.25) is 0 Å². The van der Waals surface area contributed by atoms with Gasteiger partial charge in [0.15, 0.2) is 0 Å². The molecule has 180 valence electrons. The van der Waals surface area contributed by atoms with Gasteiger partial charge < -0.3 is 20.7 Å². The third-order valence-corrected chi connectivity index (χ3v) is 6.96. The van der Waals surface area contributed by atoms with Crippen LogP contribution in [0.1, 0.15) is 52.4 Å². The largest absolute Gasteiger partial charge is 0.383 e. The van der Waals surface area contributed by atoms with Crippen LogP contribution in [0.5, 0.6) is 0 Å². The molecule has 2 aliphatic rings. The van der Waals surface area contributed by atoms with Crippen molar-refractivity contribution >= 4 is 11.5 Å². The highest BCUT2D eigenvalue weighted by atomic mass is 19.1. The number of hydrogen-bond acceptors (Lipinski definition) is 5. The zero-order valence-electron chi connectivity index (χ0n) is 19.9. The predicted molar refractivity (Wildman–Crippen MR) is 130 cm³/mol. The van der Waals surface area contributed by atoms with Crippen LogP contribution in [0.3, 0.4) is 0 Å². The topological polar surface area (TPSA) is 58.2 Å². The summed E-state index contributed by atoms with van der Waals surface area (Å²) < 4.78 is 34.2. The molecule has 0 saturated heterocycles. The van der Waals surface area contributed by atoms with Crippen LogP contribution >= 0.6 is 0 Å². The average molecular weight is 459 g/mol. The van der Waals surface area contributed by atoms with Gasteiger partial charge in [0.2, 0.25) is 0 Å². The Balaban J connectivity index is 1.39.